The summed E-state index contributed by atoms with van der Waals surface area (Å²) in [6.45, 7) is 3.25. The van der Waals surface area contributed by atoms with Gasteiger partial charge < -0.3 is 5.32 Å². The van der Waals surface area contributed by atoms with Gasteiger partial charge in [0.1, 0.15) is 0 Å². The normalized spacial score (nSPS) is 21.1. The van der Waals surface area contributed by atoms with Crippen LogP contribution in [0.2, 0.25) is 0 Å². The second-order valence-corrected chi connectivity index (χ2v) is 6.44. The maximum atomic E-state index is 4.29. The molecule has 2 saturated carbocycles. The Kier molecular flexibility index (Phi) is 4.51. The summed E-state index contributed by atoms with van der Waals surface area (Å²) in [5, 5.41) is 3.70. The van der Waals surface area contributed by atoms with Crippen LogP contribution in [-0.2, 0) is 0 Å². The topological polar surface area (TPSA) is 24.9 Å². The minimum atomic E-state index is 0.787. The van der Waals surface area contributed by atoms with E-state index in [0.29, 0.717) is 0 Å². The van der Waals surface area contributed by atoms with E-state index >= 15 is 0 Å². The van der Waals surface area contributed by atoms with Crippen molar-refractivity contribution in [3.8, 4) is 0 Å². The Morgan fingerprint density at radius 2 is 2.05 bits per heavy atom. The van der Waals surface area contributed by atoms with Crippen LogP contribution in [0.25, 0.3) is 6.08 Å². The minimum absolute atomic E-state index is 0.787. The third kappa shape index (κ3) is 3.69. The number of aryl methyl sites for hydroxylation is 1. The van der Waals surface area contributed by atoms with Crippen molar-refractivity contribution in [3.05, 3.63) is 35.2 Å². The van der Waals surface area contributed by atoms with Crippen LogP contribution in [-0.4, -0.2) is 17.6 Å². The van der Waals surface area contributed by atoms with E-state index in [1.807, 2.05) is 12.4 Å². The van der Waals surface area contributed by atoms with E-state index in [4.69, 9.17) is 0 Å². The summed E-state index contributed by atoms with van der Waals surface area (Å²) < 4.78 is 0. The maximum Gasteiger partial charge on any atom is 0.0342 e. The molecule has 2 nitrogen and oxygen atoms in total. The Bertz CT molecular complexity index is 468. The first kappa shape index (κ1) is 13.8. The zero-order valence-corrected chi connectivity index (χ0v) is 12.6. The summed E-state index contributed by atoms with van der Waals surface area (Å²) in [7, 11) is 0. The Morgan fingerprint density at radius 1 is 1.25 bits per heavy atom. The summed E-state index contributed by atoms with van der Waals surface area (Å²) in [4.78, 5) is 4.29. The van der Waals surface area contributed by atoms with Crippen LogP contribution in [0.15, 0.2) is 24.0 Å². The molecule has 1 N–H and O–H groups in total. The lowest BCUT2D eigenvalue weighted by Gasteiger charge is -2.25. The molecule has 0 spiro atoms. The molecule has 2 heteroatoms. The van der Waals surface area contributed by atoms with Gasteiger partial charge in [0.15, 0.2) is 0 Å². The smallest absolute Gasteiger partial charge is 0.0342 e. The van der Waals surface area contributed by atoms with Crippen LogP contribution in [0.4, 0.5) is 0 Å². The molecular weight excluding hydrogens is 244 g/mol. The first-order valence-corrected chi connectivity index (χ1v) is 8.17. The van der Waals surface area contributed by atoms with Gasteiger partial charge in [-0.1, -0.05) is 30.9 Å². The molecule has 2 aliphatic rings. The van der Waals surface area contributed by atoms with E-state index in [1.54, 1.807) is 5.57 Å². The van der Waals surface area contributed by atoms with Crippen molar-refractivity contribution in [1.29, 1.82) is 0 Å². The summed E-state index contributed by atoms with van der Waals surface area (Å²) in [5.74, 6) is 0.787. The molecule has 0 aromatic carbocycles. The first-order chi connectivity index (χ1) is 9.83. The molecule has 1 aromatic heterocycles. The zero-order valence-electron chi connectivity index (χ0n) is 12.6. The largest absolute Gasteiger partial charge is 0.310 e. The average Bonchev–Trinajstić information content (AvgIpc) is 3.30. The number of hydrogen-bond acceptors (Lipinski definition) is 2. The standard InChI is InChI=1S/C18H26N2/c1-14-9-10-19-12-16(14)11-17(13-20-18-7-8-18)15-5-3-2-4-6-15/h9-12,15,18,20H,2-8,13H2,1H3/b17-11-. The number of nitrogens with one attached hydrogen (secondary N) is 1. The fourth-order valence-corrected chi connectivity index (χ4v) is 3.16. The monoisotopic (exact) mass is 270 g/mol. The summed E-state index contributed by atoms with van der Waals surface area (Å²) in [5.41, 5.74) is 4.23. The molecular formula is C18H26N2. The number of pyridine rings is 1. The van der Waals surface area contributed by atoms with Gasteiger partial charge in [-0.3, -0.25) is 4.98 Å². The molecule has 0 radical (unpaired) electrons. The number of nitrogens with zero attached hydrogens (tertiary/aromatic N) is 1. The molecule has 20 heavy (non-hydrogen) atoms. The summed E-state index contributed by atoms with van der Waals surface area (Å²) in [6.07, 6.45) is 16.0. The van der Waals surface area contributed by atoms with E-state index in [1.165, 1.54) is 56.1 Å². The number of hydrogen-bond donors (Lipinski definition) is 1. The van der Waals surface area contributed by atoms with E-state index in [2.05, 4.69) is 29.4 Å². The molecule has 2 fully saturated rings. The van der Waals surface area contributed by atoms with Crippen LogP contribution >= 0.6 is 0 Å². The van der Waals surface area contributed by atoms with Crippen molar-refractivity contribution >= 4 is 6.08 Å². The van der Waals surface area contributed by atoms with E-state index in [-0.39, 0.29) is 0 Å². The number of aromatic nitrogens is 1. The third-order valence-corrected chi connectivity index (χ3v) is 4.72. The Balaban J connectivity index is 1.77. The van der Waals surface area contributed by atoms with Gasteiger partial charge >= 0.3 is 0 Å². The lowest BCUT2D eigenvalue weighted by Crippen LogP contribution is -2.24. The minimum Gasteiger partial charge on any atom is -0.310 e. The molecule has 1 aromatic rings. The van der Waals surface area contributed by atoms with Crippen LogP contribution in [0, 0.1) is 12.8 Å². The third-order valence-electron chi connectivity index (χ3n) is 4.72. The van der Waals surface area contributed by atoms with Crippen LogP contribution < -0.4 is 5.32 Å². The van der Waals surface area contributed by atoms with E-state index in [9.17, 15) is 0 Å². The van der Waals surface area contributed by atoms with Crippen LogP contribution in [0.5, 0.6) is 0 Å². The fourth-order valence-electron chi connectivity index (χ4n) is 3.16. The van der Waals surface area contributed by atoms with Gasteiger partial charge in [0.2, 0.25) is 0 Å². The van der Waals surface area contributed by atoms with Gasteiger partial charge in [0.25, 0.3) is 0 Å². The molecule has 0 aliphatic heterocycles. The molecule has 0 atom stereocenters. The van der Waals surface area contributed by atoms with Crippen molar-refractivity contribution in [2.24, 2.45) is 5.92 Å². The van der Waals surface area contributed by atoms with E-state index < -0.39 is 0 Å². The van der Waals surface area contributed by atoms with Crippen molar-refractivity contribution in [1.82, 2.24) is 10.3 Å². The van der Waals surface area contributed by atoms with Gasteiger partial charge in [-0.25, -0.2) is 0 Å². The zero-order chi connectivity index (χ0) is 13.8. The Labute approximate surface area is 122 Å². The molecule has 108 valence electrons. The van der Waals surface area contributed by atoms with Gasteiger partial charge in [-0.2, -0.15) is 0 Å². The predicted octanol–water partition coefficient (Wildman–Crippen LogP) is 4.11. The van der Waals surface area contributed by atoms with Gasteiger partial charge in [0.05, 0.1) is 0 Å². The maximum absolute atomic E-state index is 4.29. The van der Waals surface area contributed by atoms with Crippen molar-refractivity contribution in [2.75, 3.05) is 6.54 Å². The highest BCUT2D eigenvalue weighted by atomic mass is 14.9. The Morgan fingerprint density at radius 3 is 2.75 bits per heavy atom. The molecule has 0 unspecified atom stereocenters. The average molecular weight is 270 g/mol. The fraction of sp³-hybridized carbons (Fsp3) is 0.611. The molecule has 0 amide bonds. The molecule has 3 rings (SSSR count). The van der Waals surface area contributed by atoms with E-state index in [0.717, 1.165) is 18.5 Å². The second kappa shape index (κ2) is 6.53. The van der Waals surface area contributed by atoms with Gasteiger partial charge in [-0.15, -0.1) is 0 Å². The highest BCUT2D eigenvalue weighted by Crippen LogP contribution is 2.31. The lowest BCUT2D eigenvalue weighted by atomic mass is 9.83. The molecule has 0 bridgehead atoms. The molecule has 2 aliphatic carbocycles. The van der Waals surface area contributed by atoms with Gasteiger partial charge in [0, 0.05) is 25.0 Å². The number of rotatable bonds is 5. The first-order valence-electron chi connectivity index (χ1n) is 8.17. The van der Waals surface area contributed by atoms with Crippen LogP contribution in [0.3, 0.4) is 0 Å². The Hall–Kier alpha value is -1.15. The molecule has 1 heterocycles. The lowest BCUT2D eigenvalue weighted by molar-refractivity contribution is 0.396. The second-order valence-electron chi connectivity index (χ2n) is 6.44. The molecule has 0 saturated heterocycles. The van der Waals surface area contributed by atoms with Crippen molar-refractivity contribution in [3.63, 3.8) is 0 Å². The quantitative estimate of drug-likeness (QED) is 0.871. The van der Waals surface area contributed by atoms with Crippen LogP contribution in [0.1, 0.15) is 56.1 Å². The van der Waals surface area contributed by atoms with Crippen molar-refractivity contribution < 1.29 is 0 Å². The van der Waals surface area contributed by atoms with Gasteiger partial charge in [-0.05, 0) is 55.7 Å². The highest BCUT2D eigenvalue weighted by molar-refractivity contribution is 5.56. The summed E-state index contributed by atoms with van der Waals surface area (Å²) in [6, 6.07) is 2.90. The SMILES string of the molecule is Cc1ccncc1/C=C(/CNC1CC1)C1CCCCC1. The highest BCUT2D eigenvalue weighted by Gasteiger charge is 2.23. The van der Waals surface area contributed by atoms with Crippen molar-refractivity contribution in [2.45, 2.75) is 57.9 Å². The summed E-state index contributed by atoms with van der Waals surface area (Å²) >= 11 is 0. The predicted molar refractivity (Wildman–Crippen MR) is 84.6 cm³/mol.